The molecule has 0 unspecified atom stereocenters. The molecule has 0 saturated carbocycles. The minimum Gasteiger partial charge on any atom is -0.436 e. The van der Waals surface area contributed by atoms with Gasteiger partial charge in [0.05, 0.1) is 6.20 Å². The van der Waals surface area contributed by atoms with Crippen molar-refractivity contribution in [3.63, 3.8) is 0 Å². The second-order valence-electron chi connectivity index (χ2n) is 3.94. The summed E-state index contributed by atoms with van der Waals surface area (Å²) in [7, 11) is 0. The van der Waals surface area contributed by atoms with Crippen LogP contribution in [0.15, 0.2) is 41.3 Å². The number of hydrogen-bond donors (Lipinski definition) is 2. The minimum absolute atomic E-state index is 0.225. The first kappa shape index (κ1) is 12.8. The van der Waals surface area contributed by atoms with Gasteiger partial charge in [-0.2, -0.15) is 4.98 Å². The first-order chi connectivity index (χ1) is 9.65. The number of rotatable bonds is 3. The third kappa shape index (κ3) is 2.43. The van der Waals surface area contributed by atoms with Gasteiger partial charge in [0, 0.05) is 22.9 Å². The monoisotopic (exact) mass is 337 g/mol. The fraction of sp³-hybridized carbons (Fsp3) is 0. The van der Waals surface area contributed by atoms with Crippen LogP contribution >= 0.6 is 15.9 Å². The lowest BCUT2D eigenvalue weighted by atomic mass is 10.3. The van der Waals surface area contributed by atoms with E-state index in [4.69, 9.17) is 10.6 Å². The van der Waals surface area contributed by atoms with E-state index in [1.165, 1.54) is 12.1 Å². The van der Waals surface area contributed by atoms with Crippen LogP contribution in [0.2, 0.25) is 0 Å². The Morgan fingerprint density at radius 3 is 2.95 bits per heavy atom. The molecule has 0 fully saturated rings. The van der Waals surface area contributed by atoms with Crippen LogP contribution in [0.4, 0.5) is 10.2 Å². The smallest absolute Gasteiger partial charge is 0.265 e. The van der Waals surface area contributed by atoms with E-state index in [1.54, 1.807) is 29.1 Å². The van der Waals surface area contributed by atoms with Gasteiger partial charge >= 0.3 is 0 Å². The van der Waals surface area contributed by atoms with Crippen LogP contribution in [0, 0.1) is 5.82 Å². The molecule has 6 nitrogen and oxygen atoms in total. The number of benzene rings is 1. The molecule has 2 aromatic heterocycles. The number of nitrogens with zero attached hydrogens (tertiary/aromatic N) is 3. The van der Waals surface area contributed by atoms with Gasteiger partial charge in [-0.05, 0) is 12.1 Å². The fourth-order valence-corrected chi connectivity index (χ4v) is 2.18. The summed E-state index contributed by atoms with van der Waals surface area (Å²) in [6.07, 6.45) is 4.99. The average molecular weight is 338 g/mol. The van der Waals surface area contributed by atoms with Gasteiger partial charge in [0.1, 0.15) is 11.6 Å². The summed E-state index contributed by atoms with van der Waals surface area (Å²) in [5.41, 5.74) is 2.94. The quantitative estimate of drug-likeness (QED) is 0.567. The zero-order valence-corrected chi connectivity index (χ0v) is 11.6. The van der Waals surface area contributed by atoms with Crippen LogP contribution in [-0.4, -0.2) is 14.4 Å². The van der Waals surface area contributed by atoms with Crippen LogP contribution in [0.25, 0.3) is 5.65 Å². The lowest BCUT2D eigenvalue weighted by molar-refractivity contribution is 0.460. The van der Waals surface area contributed by atoms with Crippen molar-refractivity contribution >= 4 is 27.4 Å². The Morgan fingerprint density at radius 2 is 2.20 bits per heavy atom. The molecule has 0 atom stereocenters. The average Bonchev–Trinajstić information content (AvgIpc) is 2.85. The molecule has 20 heavy (non-hydrogen) atoms. The van der Waals surface area contributed by atoms with Crippen molar-refractivity contribution < 1.29 is 9.13 Å². The number of ether oxygens (including phenoxy) is 1. The molecule has 0 saturated heterocycles. The first-order valence-corrected chi connectivity index (χ1v) is 6.39. The van der Waals surface area contributed by atoms with Gasteiger partial charge in [-0.25, -0.2) is 15.2 Å². The van der Waals surface area contributed by atoms with Gasteiger partial charge in [0.2, 0.25) is 5.65 Å². The number of halogens is 2. The van der Waals surface area contributed by atoms with Crippen molar-refractivity contribution in [3.8, 4) is 11.6 Å². The Balaban J connectivity index is 2.07. The van der Waals surface area contributed by atoms with Crippen molar-refractivity contribution in [2.24, 2.45) is 5.84 Å². The first-order valence-electron chi connectivity index (χ1n) is 5.60. The topological polar surface area (TPSA) is 77.5 Å². The van der Waals surface area contributed by atoms with Gasteiger partial charge in [-0.3, -0.25) is 4.40 Å². The minimum atomic E-state index is -0.415. The molecule has 0 aliphatic rings. The van der Waals surface area contributed by atoms with E-state index in [0.717, 1.165) is 0 Å². The number of imidazole rings is 1. The summed E-state index contributed by atoms with van der Waals surface area (Å²) in [4.78, 5) is 8.30. The SMILES string of the molecule is NNc1cn2ccnc2c(Oc2cc(F)cc(Br)c2)n1. The highest BCUT2D eigenvalue weighted by Gasteiger charge is 2.10. The molecule has 0 bridgehead atoms. The van der Waals surface area contributed by atoms with Crippen molar-refractivity contribution in [1.29, 1.82) is 0 Å². The lowest BCUT2D eigenvalue weighted by Gasteiger charge is -2.08. The fourth-order valence-electron chi connectivity index (χ4n) is 1.74. The molecule has 8 heteroatoms. The molecule has 0 amide bonds. The highest BCUT2D eigenvalue weighted by Crippen LogP contribution is 2.27. The van der Waals surface area contributed by atoms with Crippen molar-refractivity contribution in [2.45, 2.75) is 0 Å². The summed E-state index contributed by atoms with van der Waals surface area (Å²) in [6.45, 7) is 0. The molecule has 0 radical (unpaired) electrons. The molecule has 2 heterocycles. The number of fused-ring (bicyclic) bond motifs is 1. The third-order valence-electron chi connectivity index (χ3n) is 2.54. The van der Waals surface area contributed by atoms with E-state index >= 15 is 0 Å². The van der Waals surface area contributed by atoms with Crippen LogP contribution in [0.5, 0.6) is 11.6 Å². The van der Waals surface area contributed by atoms with Crippen molar-refractivity contribution in [1.82, 2.24) is 14.4 Å². The van der Waals surface area contributed by atoms with Gasteiger partial charge in [-0.1, -0.05) is 15.9 Å². The second-order valence-corrected chi connectivity index (χ2v) is 4.86. The number of nitrogen functional groups attached to an aromatic ring is 1. The summed E-state index contributed by atoms with van der Waals surface area (Å²) in [5.74, 6) is 5.87. The Hall–Kier alpha value is -2.19. The Labute approximate surface area is 121 Å². The zero-order chi connectivity index (χ0) is 14.1. The summed E-state index contributed by atoms with van der Waals surface area (Å²) in [6, 6.07) is 4.23. The Kier molecular flexibility index (Phi) is 3.25. The van der Waals surface area contributed by atoms with Gasteiger partial charge in [0.25, 0.3) is 5.88 Å². The van der Waals surface area contributed by atoms with E-state index in [0.29, 0.717) is 21.7 Å². The number of aromatic nitrogens is 3. The molecule has 0 aliphatic carbocycles. The molecule has 3 rings (SSSR count). The number of anilines is 1. The van der Waals surface area contributed by atoms with E-state index in [1.807, 2.05) is 0 Å². The molecule has 3 N–H and O–H groups in total. The molecule has 0 aliphatic heterocycles. The molecular formula is C12H9BrFN5O. The predicted molar refractivity (Wildman–Crippen MR) is 75.0 cm³/mol. The second kappa shape index (κ2) is 5.06. The zero-order valence-electron chi connectivity index (χ0n) is 10.0. The number of hydrazine groups is 1. The number of nitrogens with one attached hydrogen (secondary N) is 1. The maximum atomic E-state index is 13.3. The maximum absolute atomic E-state index is 13.3. The van der Waals surface area contributed by atoms with Crippen LogP contribution in [0.1, 0.15) is 0 Å². The predicted octanol–water partition coefficient (Wildman–Crippen LogP) is 2.71. The Morgan fingerprint density at radius 1 is 1.35 bits per heavy atom. The van der Waals surface area contributed by atoms with E-state index < -0.39 is 5.82 Å². The van der Waals surface area contributed by atoms with E-state index in [-0.39, 0.29) is 5.88 Å². The Bertz CT molecular complexity index is 755. The molecule has 1 aromatic carbocycles. The van der Waals surface area contributed by atoms with Crippen molar-refractivity contribution in [3.05, 3.63) is 47.1 Å². The highest BCUT2D eigenvalue weighted by molar-refractivity contribution is 9.10. The van der Waals surface area contributed by atoms with Crippen molar-refractivity contribution in [2.75, 3.05) is 5.43 Å². The molecule has 0 spiro atoms. The van der Waals surface area contributed by atoms with Gasteiger partial charge < -0.3 is 10.2 Å². The third-order valence-corrected chi connectivity index (χ3v) is 3.00. The van der Waals surface area contributed by atoms with E-state index in [2.05, 4.69) is 31.3 Å². The van der Waals surface area contributed by atoms with Crippen LogP contribution in [0.3, 0.4) is 0 Å². The normalized spacial score (nSPS) is 10.8. The number of hydrogen-bond acceptors (Lipinski definition) is 5. The van der Waals surface area contributed by atoms with Gasteiger partial charge in [-0.15, -0.1) is 0 Å². The molecular weight excluding hydrogens is 329 g/mol. The largest absolute Gasteiger partial charge is 0.436 e. The summed E-state index contributed by atoms with van der Waals surface area (Å²) < 4.78 is 21.2. The molecule has 102 valence electrons. The standard InChI is InChI=1S/C12H9BrFN5O/c13-7-3-8(14)5-9(4-7)20-12-11-16-1-2-19(11)6-10(17-12)18-15/h1-6,18H,15H2. The van der Waals surface area contributed by atoms with E-state index in [9.17, 15) is 4.39 Å². The number of nitrogens with two attached hydrogens (primary N) is 1. The van der Waals surface area contributed by atoms with Gasteiger partial charge in [0.15, 0.2) is 5.82 Å². The molecule has 3 aromatic rings. The summed E-state index contributed by atoms with van der Waals surface area (Å²) >= 11 is 3.20. The van der Waals surface area contributed by atoms with Crippen LogP contribution in [-0.2, 0) is 0 Å². The summed E-state index contributed by atoms with van der Waals surface area (Å²) in [5, 5.41) is 0. The highest BCUT2D eigenvalue weighted by atomic mass is 79.9. The lowest BCUT2D eigenvalue weighted by Crippen LogP contribution is -2.10. The van der Waals surface area contributed by atoms with Crippen LogP contribution < -0.4 is 16.0 Å². The maximum Gasteiger partial charge on any atom is 0.265 e.